The average molecular weight is 529 g/mol. The van der Waals surface area contributed by atoms with Gasteiger partial charge in [-0.2, -0.15) is 0 Å². The van der Waals surface area contributed by atoms with Gasteiger partial charge in [0.1, 0.15) is 11.6 Å². The van der Waals surface area contributed by atoms with E-state index in [2.05, 4.69) is 20.3 Å². The number of aromatic nitrogens is 3. The molecule has 0 bridgehead atoms. The van der Waals surface area contributed by atoms with Gasteiger partial charge in [-0.25, -0.2) is 9.97 Å². The van der Waals surface area contributed by atoms with Gasteiger partial charge in [0.05, 0.1) is 18.3 Å². The number of aliphatic imine (C=N–C) groups is 1. The highest BCUT2D eigenvalue weighted by Crippen LogP contribution is 2.25. The molecular formula is C23H32Cl3N7O. The second-order valence-corrected chi connectivity index (χ2v) is 7.05. The SMILES string of the molecule is COc1ccc2nc(/C=C/c3ccccn3)nc(NCCCCCCN=C(N)N)c2c1.Cl.Cl.Cl. The van der Waals surface area contributed by atoms with Crippen molar-refractivity contribution in [3.63, 3.8) is 0 Å². The molecule has 0 fully saturated rings. The number of guanidine groups is 1. The molecule has 0 aliphatic carbocycles. The first-order chi connectivity index (χ1) is 15.2. The fraction of sp³-hybridized carbons (Fsp3) is 0.304. The zero-order chi connectivity index (χ0) is 21.9. The zero-order valence-electron chi connectivity index (χ0n) is 19.0. The molecule has 11 heteroatoms. The number of nitrogens with zero attached hydrogens (tertiary/aromatic N) is 4. The van der Waals surface area contributed by atoms with Gasteiger partial charge < -0.3 is 21.5 Å². The minimum absolute atomic E-state index is 0. The summed E-state index contributed by atoms with van der Waals surface area (Å²) < 4.78 is 5.38. The van der Waals surface area contributed by atoms with Crippen LogP contribution >= 0.6 is 37.2 Å². The van der Waals surface area contributed by atoms with Gasteiger partial charge >= 0.3 is 0 Å². The summed E-state index contributed by atoms with van der Waals surface area (Å²) >= 11 is 0. The molecule has 0 aliphatic heterocycles. The molecule has 1 aromatic carbocycles. The fourth-order valence-corrected chi connectivity index (χ4v) is 3.10. The number of nitrogens with one attached hydrogen (secondary N) is 1. The van der Waals surface area contributed by atoms with Crippen LogP contribution in [0, 0.1) is 0 Å². The van der Waals surface area contributed by atoms with Crippen molar-refractivity contribution < 1.29 is 4.74 Å². The van der Waals surface area contributed by atoms with Crippen LogP contribution < -0.4 is 21.5 Å². The van der Waals surface area contributed by atoms with E-state index in [-0.39, 0.29) is 43.2 Å². The van der Waals surface area contributed by atoms with Crippen molar-refractivity contribution >= 4 is 72.1 Å². The molecule has 0 atom stereocenters. The smallest absolute Gasteiger partial charge is 0.185 e. The number of ether oxygens (including phenoxy) is 1. The number of unbranched alkanes of at least 4 members (excludes halogenated alkanes) is 3. The lowest BCUT2D eigenvalue weighted by Crippen LogP contribution is -2.22. The molecule has 8 nitrogen and oxygen atoms in total. The molecule has 3 aromatic rings. The second-order valence-electron chi connectivity index (χ2n) is 7.05. The summed E-state index contributed by atoms with van der Waals surface area (Å²) in [5, 5.41) is 4.40. The summed E-state index contributed by atoms with van der Waals surface area (Å²) in [4.78, 5) is 17.7. The summed E-state index contributed by atoms with van der Waals surface area (Å²) in [6.45, 7) is 1.49. The Morgan fingerprint density at radius 3 is 2.50 bits per heavy atom. The highest BCUT2D eigenvalue weighted by atomic mass is 35.5. The van der Waals surface area contributed by atoms with E-state index < -0.39 is 0 Å². The van der Waals surface area contributed by atoms with Crippen LogP contribution in [0.4, 0.5) is 5.82 Å². The number of nitrogens with two attached hydrogens (primary N) is 2. The molecule has 2 aromatic heterocycles. The molecule has 0 spiro atoms. The van der Waals surface area contributed by atoms with E-state index in [0.717, 1.165) is 60.4 Å². The van der Waals surface area contributed by atoms with Crippen LogP contribution in [0.1, 0.15) is 37.2 Å². The van der Waals surface area contributed by atoms with Crippen molar-refractivity contribution in [1.29, 1.82) is 0 Å². The molecule has 0 saturated carbocycles. The van der Waals surface area contributed by atoms with Gasteiger partial charge in [0.15, 0.2) is 11.8 Å². The maximum atomic E-state index is 5.38. The first-order valence-corrected chi connectivity index (χ1v) is 10.4. The number of rotatable bonds is 11. The van der Waals surface area contributed by atoms with Crippen LogP contribution in [0.5, 0.6) is 5.75 Å². The normalized spacial score (nSPS) is 10.0. The lowest BCUT2D eigenvalue weighted by molar-refractivity contribution is 0.415. The fourth-order valence-electron chi connectivity index (χ4n) is 3.10. The summed E-state index contributed by atoms with van der Waals surface area (Å²) in [5.74, 6) is 2.35. The molecule has 0 unspecified atom stereocenters. The van der Waals surface area contributed by atoms with Crippen molar-refractivity contribution in [2.24, 2.45) is 16.5 Å². The predicted molar refractivity (Wildman–Crippen MR) is 149 cm³/mol. The largest absolute Gasteiger partial charge is 0.497 e. The van der Waals surface area contributed by atoms with Gasteiger partial charge in [-0.1, -0.05) is 18.9 Å². The van der Waals surface area contributed by atoms with E-state index in [1.165, 1.54) is 0 Å². The minimum Gasteiger partial charge on any atom is -0.497 e. The highest BCUT2D eigenvalue weighted by molar-refractivity contribution is 5.91. The van der Waals surface area contributed by atoms with Crippen LogP contribution in [0.2, 0.25) is 0 Å². The third-order valence-corrected chi connectivity index (χ3v) is 4.68. The summed E-state index contributed by atoms with van der Waals surface area (Å²) in [6, 6.07) is 11.6. The number of anilines is 1. The maximum absolute atomic E-state index is 5.38. The lowest BCUT2D eigenvalue weighted by atomic mass is 10.2. The highest BCUT2D eigenvalue weighted by Gasteiger charge is 2.08. The molecule has 0 aliphatic rings. The molecule has 186 valence electrons. The Morgan fingerprint density at radius 1 is 1.00 bits per heavy atom. The minimum atomic E-state index is 0. The third kappa shape index (κ3) is 9.99. The van der Waals surface area contributed by atoms with Crippen LogP contribution in [-0.4, -0.2) is 41.1 Å². The van der Waals surface area contributed by atoms with Gasteiger partial charge in [0.2, 0.25) is 0 Å². The van der Waals surface area contributed by atoms with E-state index in [4.69, 9.17) is 21.2 Å². The Labute approximate surface area is 218 Å². The Hall–Kier alpha value is -2.81. The molecule has 0 amide bonds. The molecule has 3 rings (SSSR count). The number of pyridine rings is 1. The monoisotopic (exact) mass is 527 g/mol. The van der Waals surface area contributed by atoms with Crippen LogP contribution in [0.25, 0.3) is 23.1 Å². The van der Waals surface area contributed by atoms with Crippen LogP contribution in [0.3, 0.4) is 0 Å². The van der Waals surface area contributed by atoms with E-state index >= 15 is 0 Å². The Bertz CT molecular complexity index is 1050. The molecular weight excluding hydrogens is 497 g/mol. The van der Waals surface area contributed by atoms with Crippen molar-refractivity contribution in [2.45, 2.75) is 25.7 Å². The van der Waals surface area contributed by atoms with Gasteiger partial charge in [-0.05, 0) is 55.3 Å². The van der Waals surface area contributed by atoms with Crippen LogP contribution in [-0.2, 0) is 0 Å². The zero-order valence-corrected chi connectivity index (χ0v) is 21.5. The second kappa shape index (κ2) is 16.7. The number of hydrogen-bond acceptors (Lipinski definition) is 6. The van der Waals surface area contributed by atoms with Gasteiger partial charge in [0.25, 0.3) is 0 Å². The molecule has 0 saturated heterocycles. The predicted octanol–water partition coefficient (Wildman–Crippen LogP) is 4.71. The topological polar surface area (TPSA) is 124 Å². The number of benzene rings is 1. The van der Waals surface area contributed by atoms with Crippen molar-refractivity contribution in [1.82, 2.24) is 15.0 Å². The van der Waals surface area contributed by atoms with Crippen molar-refractivity contribution in [3.8, 4) is 5.75 Å². The summed E-state index contributed by atoms with van der Waals surface area (Å²) in [5.41, 5.74) is 12.4. The first-order valence-electron chi connectivity index (χ1n) is 10.4. The molecule has 5 N–H and O–H groups in total. The maximum Gasteiger partial charge on any atom is 0.185 e. The van der Waals surface area contributed by atoms with Crippen molar-refractivity contribution in [3.05, 3.63) is 54.1 Å². The van der Waals surface area contributed by atoms with E-state index in [1.54, 1.807) is 13.3 Å². The Morgan fingerprint density at radius 2 is 1.79 bits per heavy atom. The number of fused-ring (bicyclic) bond motifs is 1. The van der Waals surface area contributed by atoms with E-state index in [1.807, 2.05) is 48.6 Å². The van der Waals surface area contributed by atoms with E-state index in [9.17, 15) is 0 Å². The Kier molecular flexibility index (Phi) is 15.4. The standard InChI is InChI=1S/C23H29N7O.3ClH/c1-31-18-10-11-20-19(16-18)22(27-14-5-2-3-6-15-28-23(24)25)30-21(29-20)12-9-17-8-4-7-13-26-17;;;/h4,7-13,16H,2-3,5-6,14-15H2,1H3,(H4,24,25,28)(H,27,29,30);3*1H/b12-9+;;;. The van der Waals surface area contributed by atoms with E-state index in [0.29, 0.717) is 12.4 Å². The lowest BCUT2D eigenvalue weighted by Gasteiger charge is -2.11. The van der Waals surface area contributed by atoms with Crippen molar-refractivity contribution in [2.75, 3.05) is 25.5 Å². The van der Waals surface area contributed by atoms with Gasteiger partial charge in [0, 0.05) is 24.7 Å². The first kappa shape index (κ1) is 31.2. The average Bonchev–Trinajstić information content (AvgIpc) is 2.79. The summed E-state index contributed by atoms with van der Waals surface area (Å²) in [6.07, 6.45) is 9.72. The third-order valence-electron chi connectivity index (χ3n) is 4.68. The molecule has 0 radical (unpaired) electrons. The van der Waals surface area contributed by atoms with Gasteiger partial charge in [-0.15, -0.1) is 37.2 Å². The molecule has 2 heterocycles. The Balaban J connectivity index is 0.00000363. The number of halogens is 3. The number of methoxy groups -OCH3 is 1. The molecule has 34 heavy (non-hydrogen) atoms. The van der Waals surface area contributed by atoms with Crippen LogP contribution in [0.15, 0.2) is 47.6 Å². The van der Waals surface area contributed by atoms with Gasteiger partial charge in [-0.3, -0.25) is 9.98 Å². The number of hydrogen-bond donors (Lipinski definition) is 3. The quantitative estimate of drug-likeness (QED) is 0.187. The summed E-state index contributed by atoms with van der Waals surface area (Å²) in [7, 11) is 1.65.